The fraction of sp³-hybridized carbons (Fsp3) is 1.00. The highest BCUT2D eigenvalue weighted by molar-refractivity contribution is 5.00. The Morgan fingerprint density at radius 3 is 2.10 bits per heavy atom. The molecule has 0 aliphatic carbocycles. The van der Waals surface area contributed by atoms with Gasteiger partial charge in [0.15, 0.2) is 0 Å². The molecule has 4 N–H and O–H groups in total. The lowest BCUT2D eigenvalue weighted by atomic mass is 9.87. The molecule has 0 aromatic rings. The fourth-order valence-electron chi connectivity index (χ4n) is 2.06. The number of ether oxygens (including phenoxy) is 1. The average Bonchev–Trinajstić information content (AvgIpc) is 2.45. The van der Waals surface area contributed by atoms with Crippen molar-refractivity contribution in [1.29, 1.82) is 0 Å². The second-order valence-electron chi connectivity index (χ2n) is 3.41. The molecule has 2 rings (SSSR count). The van der Waals surface area contributed by atoms with Gasteiger partial charge in [0.1, 0.15) is 0 Å². The first-order valence-corrected chi connectivity index (χ1v) is 3.92. The first-order valence-electron chi connectivity index (χ1n) is 3.92. The van der Waals surface area contributed by atoms with Crippen molar-refractivity contribution in [2.24, 2.45) is 11.5 Å². The molecule has 3 heteroatoms. The van der Waals surface area contributed by atoms with Crippen molar-refractivity contribution in [3.63, 3.8) is 0 Å². The third kappa shape index (κ3) is 0.713. The lowest BCUT2D eigenvalue weighted by Gasteiger charge is -2.28. The molecule has 10 heavy (non-hydrogen) atoms. The molecule has 2 heterocycles. The molecule has 0 radical (unpaired) electrons. The Hall–Kier alpha value is -0.120. The quantitative estimate of drug-likeness (QED) is 0.504. The maximum absolute atomic E-state index is 5.67. The lowest BCUT2D eigenvalue weighted by Crippen LogP contribution is -2.52. The molecule has 2 fully saturated rings. The van der Waals surface area contributed by atoms with E-state index in [1.807, 2.05) is 0 Å². The topological polar surface area (TPSA) is 61.3 Å². The highest BCUT2D eigenvalue weighted by Gasteiger charge is 2.48. The molecule has 3 nitrogen and oxygen atoms in total. The van der Waals surface area contributed by atoms with E-state index in [-0.39, 0.29) is 11.8 Å². The average molecular weight is 142 g/mol. The number of hydrogen-bond acceptors (Lipinski definition) is 3. The van der Waals surface area contributed by atoms with Crippen molar-refractivity contribution >= 4 is 0 Å². The van der Waals surface area contributed by atoms with E-state index in [2.05, 4.69) is 0 Å². The molecular weight excluding hydrogens is 128 g/mol. The largest absolute Gasteiger partial charge is 0.369 e. The minimum Gasteiger partial charge on any atom is -0.369 e. The smallest absolute Gasteiger partial charge is 0.0967 e. The van der Waals surface area contributed by atoms with Crippen LogP contribution in [-0.2, 0) is 4.74 Å². The van der Waals surface area contributed by atoms with Crippen LogP contribution in [0.3, 0.4) is 0 Å². The first-order chi connectivity index (χ1) is 4.73. The Labute approximate surface area is 60.7 Å². The summed E-state index contributed by atoms with van der Waals surface area (Å²) < 4.78 is 5.67. The van der Waals surface area contributed by atoms with E-state index >= 15 is 0 Å². The predicted molar refractivity (Wildman–Crippen MR) is 38.2 cm³/mol. The van der Waals surface area contributed by atoms with Crippen LogP contribution < -0.4 is 11.5 Å². The van der Waals surface area contributed by atoms with Gasteiger partial charge in [0.25, 0.3) is 0 Å². The zero-order valence-corrected chi connectivity index (χ0v) is 6.05. The normalized spacial score (nSPS) is 45.3. The van der Waals surface area contributed by atoms with Gasteiger partial charge in [-0.1, -0.05) is 0 Å². The van der Waals surface area contributed by atoms with Gasteiger partial charge in [0, 0.05) is 0 Å². The van der Waals surface area contributed by atoms with Gasteiger partial charge in [-0.3, -0.25) is 0 Å². The minimum absolute atomic E-state index is 0.134. The Kier molecular flexibility index (Phi) is 1.27. The van der Waals surface area contributed by atoms with E-state index < -0.39 is 0 Å². The van der Waals surface area contributed by atoms with E-state index in [1.165, 1.54) is 0 Å². The maximum atomic E-state index is 5.67. The standard InChI is InChI=1S/C7H14N2O/c8-6(9)7-3-1-5(10-7)2-4-7/h5-6H,1-4,8-9H2. The highest BCUT2D eigenvalue weighted by atomic mass is 16.5. The Bertz CT molecular complexity index is 139. The van der Waals surface area contributed by atoms with Crippen LogP contribution >= 0.6 is 0 Å². The molecule has 0 amide bonds. The van der Waals surface area contributed by atoms with Gasteiger partial charge in [0.05, 0.1) is 17.9 Å². The molecular formula is C7H14N2O. The van der Waals surface area contributed by atoms with E-state index in [0.29, 0.717) is 6.10 Å². The van der Waals surface area contributed by atoms with Gasteiger partial charge in [-0.25, -0.2) is 0 Å². The van der Waals surface area contributed by atoms with Crippen LogP contribution in [0.2, 0.25) is 0 Å². The number of hydrogen-bond donors (Lipinski definition) is 2. The van der Waals surface area contributed by atoms with E-state index in [0.717, 1.165) is 25.7 Å². The van der Waals surface area contributed by atoms with E-state index in [1.54, 1.807) is 0 Å². The summed E-state index contributed by atoms with van der Waals surface area (Å²) in [5, 5.41) is 0. The van der Waals surface area contributed by atoms with Crippen molar-refractivity contribution in [1.82, 2.24) is 0 Å². The highest BCUT2D eigenvalue weighted by Crippen LogP contribution is 2.43. The second-order valence-corrected chi connectivity index (χ2v) is 3.41. The Morgan fingerprint density at radius 1 is 1.30 bits per heavy atom. The number of fused-ring (bicyclic) bond motifs is 2. The molecule has 2 aliphatic heterocycles. The molecule has 0 atom stereocenters. The molecule has 0 unspecified atom stereocenters. The summed E-state index contributed by atoms with van der Waals surface area (Å²) in [7, 11) is 0. The van der Waals surface area contributed by atoms with Gasteiger partial charge >= 0.3 is 0 Å². The number of rotatable bonds is 1. The second kappa shape index (κ2) is 1.94. The zero-order chi connectivity index (χ0) is 7.19. The van der Waals surface area contributed by atoms with E-state index in [9.17, 15) is 0 Å². The third-order valence-corrected chi connectivity index (χ3v) is 2.79. The molecule has 0 saturated carbocycles. The number of nitrogens with two attached hydrogens (primary N) is 2. The molecule has 0 aromatic carbocycles. The monoisotopic (exact) mass is 142 g/mol. The van der Waals surface area contributed by atoms with E-state index in [4.69, 9.17) is 16.2 Å². The van der Waals surface area contributed by atoms with Crippen LogP contribution in [-0.4, -0.2) is 17.9 Å². The van der Waals surface area contributed by atoms with Gasteiger partial charge in [-0.2, -0.15) is 0 Å². The molecule has 0 aromatic heterocycles. The third-order valence-electron chi connectivity index (χ3n) is 2.79. The van der Waals surface area contributed by atoms with Gasteiger partial charge in [-0.15, -0.1) is 0 Å². The van der Waals surface area contributed by atoms with Crippen LogP contribution in [0, 0.1) is 0 Å². The summed E-state index contributed by atoms with van der Waals surface area (Å²) in [6.45, 7) is 0. The predicted octanol–water partition coefficient (Wildman–Crippen LogP) is -0.0585. The summed E-state index contributed by atoms with van der Waals surface area (Å²) in [6.07, 6.45) is 4.63. The molecule has 0 spiro atoms. The Balaban J connectivity index is 2.15. The van der Waals surface area contributed by atoms with Crippen molar-refractivity contribution in [2.45, 2.75) is 43.6 Å². The molecule has 2 bridgehead atoms. The van der Waals surface area contributed by atoms with Gasteiger partial charge in [0.2, 0.25) is 0 Å². The van der Waals surface area contributed by atoms with Crippen molar-refractivity contribution in [3.05, 3.63) is 0 Å². The van der Waals surface area contributed by atoms with Gasteiger partial charge in [-0.05, 0) is 25.7 Å². The maximum Gasteiger partial charge on any atom is 0.0967 e. The van der Waals surface area contributed by atoms with Gasteiger partial charge < -0.3 is 16.2 Å². The fourth-order valence-corrected chi connectivity index (χ4v) is 2.06. The van der Waals surface area contributed by atoms with Crippen molar-refractivity contribution < 1.29 is 4.74 Å². The lowest BCUT2D eigenvalue weighted by molar-refractivity contribution is -0.00474. The zero-order valence-electron chi connectivity index (χ0n) is 6.05. The minimum atomic E-state index is -0.278. The molecule has 58 valence electrons. The molecule has 2 saturated heterocycles. The van der Waals surface area contributed by atoms with Crippen molar-refractivity contribution in [3.8, 4) is 0 Å². The summed E-state index contributed by atoms with van der Waals surface area (Å²) in [5.41, 5.74) is 11.1. The van der Waals surface area contributed by atoms with Crippen LogP contribution in [0.1, 0.15) is 25.7 Å². The summed E-state index contributed by atoms with van der Waals surface area (Å²) in [5.74, 6) is 0. The summed E-state index contributed by atoms with van der Waals surface area (Å²) >= 11 is 0. The van der Waals surface area contributed by atoms with Crippen LogP contribution in [0.4, 0.5) is 0 Å². The van der Waals surface area contributed by atoms with Crippen LogP contribution in [0.15, 0.2) is 0 Å². The summed E-state index contributed by atoms with van der Waals surface area (Å²) in [4.78, 5) is 0. The first kappa shape index (κ1) is 6.58. The summed E-state index contributed by atoms with van der Waals surface area (Å²) in [6, 6.07) is 0. The SMILES string of the molecule is NC(N)C12CCC(CC1)O2. The van der Waals surface area contributed by atoms with Crippen molar-refractivity contribution in [2.75, 3.05) is 0 Å². The Morgan fingerprint density at radius 2 is 1.90 bits per heavy atom. The molecule has 2 aliphatic rings. The van der Waals surface area contributed by atoms with Crippen LogP contribution in [0.25, 0.3) is 0 Å². The van der Waals surface area contributed by atoms with Crippen LogP contribution in [0.5, 0.6) is 0 Å².